The van der Waals surface area contributed by atoms with Crippen LogP contribution in [0, 0.1) is 0 Å². The molecule has 0 aliphatic rings. The third-order valence-corrected chi connectivity index (χ3v) is 4.75. The molecule has 0 spiro atoms. The van der Waals surface area contributed by atoms with Crippen molar-refractivity contribution in [3.05, 3.63) is 54.1 Å². The normalized spacial score (nSPS) is 12.0. The van der Waals surface area contributed by atoms with Crippen LogP contribution in [0.3, 0.4) is 0 Å². The summed E-state index contributed by atoms with van der Waals surface area (Å²) in [5, 5.41) is 4.96. The molecule has 124 valence electrons. The van der Waals surface area contributed by atoms with Crippen molar-refractivity contribution in [1.29, 1.82) is 0 Å². The number of hydrogen-bond donors (Lipinski definition) is 3. The van der Waals surface area contributed by atoms with Gasteiger partial charge in [0.05, 0.1) is 10.6 Å². The van der Waals surface area contributed by atoms with Gasteiger partial charge in [0, 0.05) is 5.69 Å². The van der Waals surface area contributed by atoms with E-state index in [0.717, 1.165) is 0 Å². The molecule has 5 N–H and O–H groups in total. The smallest absolute Gasteiger partial charge is 0.292 e. The van der Waals surface area contributed by atoms with Crippen LogP contribution in [-0.2, 0) is 30.2 Å². The average molecular weight is 357 g/mol. The maximum Gasteiger partial charge on any atom is 0.292 e. The molecule has 0 amide bonds. The van der Waals surface area contributed by atoms with Gasteiger partial charge < -0.3 is 5.73 Å². The lowest BCUT2D eigenvalue weighted by Gasteiger charge is -2.08. The Balaban J connectivity index is 2.00. The number of anilines is 2. The van der Waals surface area contributed by atoms with E-state index in [1.165, 1.54) is 24.3 Å². The lowest BCUT2D eigenvalue weighted by atomic mass is 10.2. The largest absolute Gasteiger partial charge is 0.399 e. The molecule has 8 nitrogen and oxygen atoms in total. The Hall–Kier alpha value is -2.14. The third-order valence-electron chi connectivity index (χ3n) is 2.79. The van der Waals surface area contributed by atoms with Crippen LogP contribution in [-0.4, -0.2) is 16.8 Å². The van der Waals surface area contributed by atoms with E-state index in [1.807, 2.05) is 0 Å². The zero-order chi connectivity index (χ0) is 17.1. The minimum absolute atomic E-state index is 0.0900. The molecule has 2 aromatic carbocycles. The van der Waals surface area contributed by atoms with Crippen LogP contribution in [0.15, 0.2) is 53.4 Å². The van der Waals surface area contributed by atoms with Crippen LogP contribution in [0.2, 0.25) is 0 Å². The van der Waals surface area contributed by atoms with Gasteiger partial charge in [-0.25, -0.2) is 19.0 Å². The molecule has 0 radical (unpaired) electrons. The highest BCUT2D eigenvalue weighted by atomic mass is 32.2. The number of nitrogens with two attached hydrogens (primary N) is 2. The first-order chi connectivity index (χ1) is 10.7. The molecule has 0 unspecified atom stereocenters. The zero-order valence-corrected chi connectivity index (χ0v) is 13.5. The van der Waals surface area contributed by atoms with E-state index < -0.39 is 20.1 Å². The third kappa shape index (κ3) is 5.21. The van der Waals surface area contributed by atoms with Crippen molar-refractivity contribution < 1.29 is 21.1 Å². The van der Waals surface area contributed by atoms with Crippen molar-refractivity contribution in [3.63, 3.8) is 0 Å². The molecule has 0 fully saturated rings. The van der Waals surface area contributed by atoms with Crippen molar-refractivity contribution in [2.75, 3.05) is 11.2 Å². The molecule has 0 atom stereocenters. The van der Waals surface area contributed by atoms with Crippen LogP contribution in [0.1, 0.15) is 5.56 Å². The molecule has 0 heterocycles. The summed E-state index contributed by atoms with van der Waals surface area (Å²) in [6, 6.07) is 11.5. The first-order valence-corrected chi connectivity index (χ1v) is 9.42. The number of nitrogens with one attached hydrogen (secondary N) is 1. The number of primary sulfonamides is 1. The topological polar surface area (TPSA) is 142 Å². The van der Waals surface area contributed by atoms with Crippen molar-refractivity contribution in [1.82, 2.24) is 0 Å². The van der Waals surface area contributed by atoms with Crippen LogP contribution < -0.4 is 16.4 Å². The van der Waals surface area contributed by atoms with Crippen molar-refractivity contribution in [3.8, 4) is 0 Å². The number of sulfonamides is 1. The second-order valence-corrected chi connectivity index (χ2v) is 7.83. The predicted octanol–water partition coefficient (Wildman–Crippen LogP) is 0.790. The van der Waals surface area contributed by atoms with Crippen LogP contribution in [0.25, 0.3) is 0 Å². The summed E-state index contributed by atoms with van der Waals surface area (Å²) in [7, 11) is -7.68. The number of rotatable bonds is 6. The molecular weight excluding hydrogens is 342 g/mol. The summed E-state index contributed by atoms with van der Waals surface area (Å²) in [6.07, 6.45) is 0. The lowest BCUT2D eigenvalue weighted by molar-refractivity contribution is 0.390. The van der Waals surface area contributed by atoms with Gasteiger partial charge in [-0.3, -0.25) is 0 Å². The van der Waals surface area contributed by atoms with Crippen LogP contribution in [0.5, 0.6) is 0 Å². The molecule has 0 bridgehead atoms. The van der Waals surface area contributed by atoms with E-state index in [0.29, 0.717) is 11.3 Å². The maximum absolute atomic E-state index is 11.9. The molecule has 0 saturated heterocycles. The van der Waals surface area contributed by atoms with Gasteiger partial charge in [0.25, 0.3) is 10.1 Å². The highest BCUT2D eigenvalue weighted by molar-refractivity contribution is 7.89. The van der Waals surface area contributed by atoms with E-state index >= 15 is 0 Å². The molecule has 23 heavy (non-hydrogen) atoms. The minimum Gasteiger partial charge on any atom is -0.399 e. The molecule has 2 rings (SSSR count). The first-order valence-electron chi connectivity index (χ1n) is 6.30. The van der Waals surface area contributed by atoms with Crippen LogP contribution in [0.4, 0.5) is 11.4 Å². The molecule has 2 aromatic rings. The molecule has 0 saturated carbocycles. The van der Waals surface area contributed by atoms with Crippen molar-refractivity contribution >= 4 is 31.5 Å². The Labute approximate surface area is 134 Å². The highest BCUT2D eigenvalue weighted by Gasteiger charge is 2.14. The second kappa shape index (κ2) is 6.54. The second-order valence-electron chi connectivity index (χ2n) is 4.70. The lowest BCUT2D eigenvalue weighted by Crippen LogP contribution is -2.14. The summed E-state index contributed by atoms with van der Waals surface area (Å²) < 4.78 is 50.6. The first kappa shape index (κ1) is 17.2. The van der Waals surface area contributed by atoms with Gasteiger partial charge in [0.2, 0.25) is 10.0 Å². The quantitative estimate of drug-likeness (QED) is 0.512. The standard InChI is InChI=1S/C13H15N3O5S2/c14-11-3-1-10(2-4-11)9-22(17,18)21-16-12-5-7-13(8-6-12)23(15,19)20/h1-8,16H,9,14H2,(H2,15,19,20). The summed E-state index contributed by atoms with van der Waals surface area (Å²) in [5.41, 5.74) is 9.08. The molecule has 0 aromatic heterocycles. The molecular formula is C13H15N3O5S2. The van der Waals surface area contributed by atoms with Gasteiger partial charge in [-0.1, -0.05) is 12.1 Å². The highest BCUT2D eigenvalue weighted by Crippen LogP contribution is 2.15. The van der Waals surface area contributed by atoms with Crippen molar-refractivity contribution in [2.24, 2.45) is 5.14 Å². The van der Waals surface area contributed by atoms with E-state index in [1.54, 1.807) is 24.3 Å². The average Bonchev–Trinajstić information content (AvgIpc) is 2.47. The van der Waals surface area contributed by atoms with E-state index in [-0.39, 0.29) is 16.3 Å². The van der Waals surface area contributed by atoms with Gasteiger partial charge in [-0.2, -0.15) is 12.7 Å². The maximum atomic E-state index is 11.9. The summed E-state index contributed by atoms with van der Waals surface area (Å²) >= 11 is 0. The number of nitrogen functional groups attached to an aromatic ring is 1. The van der Waals surface area contributed by atoms with Gasteiger partial charge in [0.1, 0.15) is 5.75 Å². The minimum atomic E-state index is -3.88. The Morgan fingerprint density at radius 1 is 0.913 bits per heavy atom. The predicted molar refractivity (Wildman–Crippen MR) is 86.0 cm³/mol. The molecule has 0 aliphatic heterocycles. The molecule has 10 heteroatoms. The van der Waals surface area contributed by atoms with Gasteiger partial charge in [-0.05, 0) is 42.0 Å². The monoisotopic (exact) mass is 357 g/mol. The Morgan fingerprint density at radius 3 is 2.00 bits per heavy atom. The van der Waals surface area contributed by atoms with Crippen LogP contribution >= 0.6 is 0 Å². The summed E-state index contributed by atoms with van der Waals surface area (Å²) in [6.45, 7) is 0. The van der Waals surface area contributed by atoms with E-state index in [9.17, 15) is 16.8 Å². The molecule has 0 aliphatic carbocycles. The van der Waals surface area contributed by atoms with Gasteiger partial charge in [0.15, 0.2) is 0 Å². The SMILES string of the molecule is Nc1ccc(CS(=O)(=O)ONc2ccc(S(N)(=O)=O)cc2)cc1. The summed E-state index contributed by atoms with van der Waals surface area (Å²) in [5.74, 6) is -0.338. The van der Waals surface area contributed by atoms with Crippen molar-refractivity contribution in [2.45, 2.75) is 10.6 Å². The van der Waals surface area contributed by atoms with Gasteiger partial charge >= 0.3 is 0 Å². The fourth-order valence-electron chi connectivity index (χ4n) is 1.67. The number of hydrogen-bond acceptors (Lipinski definition) is 7. The van der Waals surface area contributed by atoms with Gasteiger partial charge in [-0.15, -0.1) is 0 Å². The summed E-state index contributed by atoms with van der Waals surface area (Å²) in [4.78, 5) is -0.0900. The fraction of sp³-hybridized carbons (Fsp3) is 0.0769. The Bertz CT molecular complexity index is 876. The van der Waals surface area contributed by atoms with E-state index in [2.05, 4.69) is 9.76 Å². The Kier molecular flexibility index (Phi) is 4.90. The zero-order valence-electron chi connectivity index (χ0n) is 11.8. The Morgan fingerprint density at radius 2 is 1.48 bits per heavy atom. The fourth-order valence-corrected chi connectivity index (χ4v) is 3.07. The number of benzene rings is 2. The van der Waals surface area contributed by atoms with E-state index in [4.69, 9.17) is 10.9 Å².